The molecule has 0 saturated heterocycles. The highest BCUT2D eigenvalue weighted by Crippen LogP contribution is 2.15. The van der Waals surface area contributed by atoms with Crippen LogP contribution in [0, 0.1) is 11.3 Å². The van der Waals surface area contributed by atoms with E-state index < -0.39 is 11.0 Å². The van der Waals surface area contributed by atoms with Crippen LogP contribution in [0.1, 0.15) is 18.1 Å². The predicted molar refractivity (Wildman–Crippen MR) is 80.2 cm³/mol. The molecule has 0 fully saturated rings. The molecule has 0 aliphatic carbocycles. The first-order valence-electron chi connectivity index (χ1n) is 6.36. The third kappa shape index (κ3) is 3.77. The van der Waals surface area contributed by atoms with Gasteiger partial charge in [-0.3, -0.25) is 9.10 Å². The lowest BCUT2D eigenvalue weighted by molar-refractivity contribution is -0.124. The van der Waals surface area contributed by atoms with Crippen LogP contribution >= 0.6 is 0 Å². The topological polar surface area (TPSA) is 61.2 Å². The Morgan fingerprint density at radius 3 is 2.29 bits per heavy atom. The van der Waals surface area contributed by atoms with E-state index in [4.69, 9.17) is 5.26 Å². The van der Waals surface area contributed by atoms with Crippen LogP contribution in [0.3, 0.4) is 0 Å². The fourth-order valence-corrected chi connectivity index (χ4v) is 2.95. The predicted octanol–water partition coefficient (Wildman–Crippen LogP) is 2.63. The highest BCUT2D eigenvalue weighted by atomic mass is 32.2. The van der Waals surface area contributed by atoms with E-state index >= 15 is 0 Å². The Labute approximate surface area is 126 Å². The van der Waals surface area contributed by atoms with Gasteiger partial charge in [0.25, 0.3) is 0 Å². The maximum Gasteiger partial charge on any atom is 0.231 e. The van der Waals surface area contributed by atoms with Crippen molar-refractivity contribution >= 4 is 16.9 Å². The van der Waals surface area contributed by atoms with E-state index in [9.17, 15) is 9.00 Å². The highest BCUT2D eigenvalue weighted by molar-refractivity contribution is 7.83. The summed E-state index contributed by atoms with van der Waals surface area (Å²) >= 11 is 0. The molecule has 0 bridgehead atoms. The first-order valence-corrected chi connectivity index (χ1v) is 7.46. The Morgan fingerprint density at radius 1 is 1.14 bits per heavy atom. The summed E-state index contributed by atoms with van der Waals surface area (Å²) in [6.45, 7) is 1.63. The van der Waals surface area contributed by atoms with E-state index in [1.165, 1.54) is 11.2 Å². The zero-order valence-electron chi connectivity index (χ0n) is 11.5. The first kappa shape index (κ1) is 14.9. The van der Waals surface area contributed by atoms with Crippen LogP contribution < -0.4 is 0 Å². The summed E-state index contributed by atoms with van der Waals surface area (Å²) in [5.74, 6) is -0.262. The molecule has 1 unspecified atom stereocenters. The number of rotatable bonds is 4. The second kappa shape index (κ2) is 6.82. The van der Waals surface area contributed by atoms with Gasteiger partial charge in [-0.25, -0.2) is 4.21 Å². The smallest absolute Gasteiger partial charge is 0.231 e. The Kier molecular flexibility index (Phi) is 4.85. The molecular formula is C16H14N2O2S. The van der Waals surface area contributed by atoms with E-state index in [1.54, 1.807) is 48.5 Å². The van der Waals surface area contributed by atoms with Crippen molar-refractivity contribution in [3.8, 4) is 6.07 Å². The number of carbonyl (C=O) groups is 1. The van der Waals surface area contributed by atoms with Gasteiger partial charge < -0.3 is 0 Å². The molecule has 0 heterocycles. The Bertz CT molecular complexity index is 690. The molecule has 0 aromatic heterocycles. The van der Waals surface area contributed by atoms with Crippen molar-refractivity contribution in [2.45, 2.75) is 18.4 Å². The Hall–Kier alpha value is -2.45. The number of hydrogen-bond donors (Lipinski definition) is 0. The number of hydrogen-bond acceptors (Lipinski definition) is 3. The summed E-state index contributed by atoms with van der Waals surface area (Å²) in [6, 6.07) is 17.8. The minimum absolute atomic E-state index is 0.239. The molecule has 1 amide bonds. The van der Waals surface area contributed by atoms with Crippen molar-refractivity contribution in [1.29, 1.82) is 5.26 Å². The molecular weight excluding hydrogens is 284 g/mol. The average molecular weight is 298 g/mol. The minimum Gasteiger partial charge on any atom is -0.274 e. The van der Waals surface area contributed by atoms with E-state index in [1.807, 2.05) is 12.1 Å². The Balaban J connectivity index is 2.21. The van der Waals surface area contributed by atoms with Gasteiger partial charge >= 0.3 is 0 Å². The summed E-state index contributed by atoms with van der Waals surface area (Å²) in [5.41, 5.74) is 1.38. The fourth-order valence-electron chi connectivity index (χ4n) is 1.80. The van der Waals surface area contributed by atoms with Gasteiger partial charge in [-0.15, -0.1) is 0 Å². The maximum absolute atomic E-state index is 12.5. The Morgan fingerprint density at radius 2 is 1.76 bits per heavy atom. The second-order valence-corrected chi connectivity index (χ2v) is 5.84. The van der Waals surface area contributed by atoms with Gasteiger partial charge in [-0.05, 0) is 29.8 Å². The summed E-state index contributed by atoms with van der Waals surface area (Å²) in [5, 5.41) is 8.77. The molecule has 2 aromatic rings. The number of benzene rings is 2. The van der Waals surface area contributed by atoms with Crippen molar-refractivity contribution in [1.82, 2.24) is 4.31 Å². The summed E-state index contributed by atoms with van der Waals surface area (Å²) in [6.07, 6.45) is 0. The lowest BCUT2D eigenvalue weighted by atomic mass is 10.1. The van der Waals surface area contributed by atoms with Gasteiger partial charge in [-0.1, -0.05) is 30.3 Å². The molecule has 106 valence electrons. The van der Waals surface area contributed by atoms with Gasteiger partial charge in [0.2, 0.25) is 5.91 Å². The van der Waals surface area contributed by atoms with Crippen molar-refractivity contribution in [3.63, 3.8) is 0 Å². The van der Waals surface area contributed by atoms with Crippen molar-refractivity contribution in [2.75, 3.05) is 0 Å². The number of amides is 1. The normalized spacial score (nSPS) is 11.4. The van der Waals surface area contributed by atoms with Crippen LogP contribution in [0.25, 0.3) is 0 Å². The molecule has 2 aromatic carbocycles. The van der Waals surface area contributed by atoms with E-state index in [-0.39, 0.29) is 12.5 Å². The minimum atomic E-state index is -1.54. The lowest BCUT2D eigenvalue weighted by Gasteiger charge is -2.19. The molecule has 0 spiro atoms. The van der Waals surface area contributed by atoms with Gasteiger partial charge in [0.15, 0.2) is 11.0 Å². The number of nitrogens with zero attached hydrogens (tertiary/aromatic N) is 2. The van der Waals surface area contributed by atoms with Crippen molar-refractivity contribution < 1.29 is 9.00 Å². The largest absolute Gasteiger partial charge is 0.274 e. The molecule has 0 aliphatic rings. The molecule has 1 atom stereocenters. The number of nitriles is 1. The second-order valence-electron chi connectivity index (χ2n) is 4.43. The summed E-state index contributed by atoms with van der Waals surface area (Å²) in [7, 11) is -1.54. The van der Waals surface area contributed by atoms with E-state index in [0.717, 1.165) is 5.56 Å². The van der Waals surface area contributed by atoms with Crippen LogP contribution in [0.15, 0.2) is 59.5 Å². The number of carbonyl (C=O) groups excluding carboxylic acids is 1. The summed E-state index contributed by atoms with van der Waals surface area (Å²) in [4.78, 5) is 12.4. The van der Waals surface area contributed by atoms with Crippen LogP contribution in [0.5, 0.6) is 0 Å². The quantitative estimate of drug-likeness (QED) is 0.871. The summed E-state index contributed by atoms with van der Waals surface area (Å²) < 4.78 is 13.8. The third-order valence-electron chi connectivity index (χ3n) is 2.91. The van der Waals surface area contributed by atoms with Crippen molar-refractivity contribution in [2.24, 2.45) is 0 Å². The van der Waals surface area contributed by atoms with Crippen LogP contribution in [-0.4, -0.2) is 14.4 Å². The van der Waals surface area contributed by atoms with Gasteiger partial charge in [-0.2, -0.15) is 5.26 Å². The highest BCUT2D eigenvalue weighted by Gasteiger charge is 2.18. The SMILES string of the molecule is CC(=O)N(Cc1ccc(C#N)cc1)S(=O)c1ccccc1. The van der Waals surface area contributed by atoms with Crippen LogP contribution in [-0.2, 0) is 22.3 Å². The average Bonchev–Trinajstić information content (AvgIpc) is 2.53. The third-order valence-corrected chi connectivity index (χ3v) is 4.37. The fraction of sp³-hybridized carbons (Fsp3) is 0.125. The van der Waals surface area contributed by atoms with Crippen LogP contribution in [0.4, 0.5) is 0 Å². The molecule has 0 aliphatic heterocycles. The first-order chi connectivity index (χ1) is 10.1. The van der Waals surface area contributed by atoms with E-state index in [2.05, 4.69) is 0 Å². The standard InChI is InChI=1S/C16H14N2O2S/c1-13(19)18(21(20)16-5-3-2-4-6-16)12-15-9-7-14(11-17)8-10-15/h2-10H,12H2,1H3. The molecule has 2 rings (SSSR count). The molecule has 0 saturated carbocycles. The zero-order valence-corrected chi connectivity index (χ0v) is 12.3. The van der Waals surface area contributed by atoms with Gasteiger partial charge in [0.1, 0.15) is 0 Å². The molecule has 5 heteroatoms. The van der Waals surface area contributed by atoms with E-state index in [0.29, 0.717) is 10.5 Å². The van der Waals surface area contributed by atoms with Gasteiger partial charge in [0, 0.05) is 6.92 Å². The zero-order chi connectivity index (χ0) is 15.2. The van der Waals surface area contributed by atoms with Crippen molar-refractivity contribution in [3.05, 3.63) is 65.7 Å². The molecule has 21 heavy (non-hydrogen) atoms. The molecule has 0 radical (unpaired) electrons. The maximum atomic E-state index is 12.5. The van der Waals surface area contributed by atoms with Crippen LogP contribution in [0.2, 0.25) is 0 Å². The lowest BCUT2D eigenvalue weighted by Crippen LogP contribution is -2.30. The molecule has 0 N–H and O–H groups in total. The van der Waals surface area contributed by atoms with Gasteiger partial charge in [0.05, 0.1) is 23.1 Å². The molecule has 4 nitrogen and oxygen atoms in total. The monoisotopic (exact) mass is 298 g/mol.